The summed E-state index contributed by atoms with van der Waals surface area (Å²) in [5, 5.41) is 2.75. The highest BCUT2D eigenvalue weighted by Gasteiger charge is 2.66. The topological polar surface area (TPSA) is 139 Å². The Morgan fingerprint density at radius 3 is 2.05 bits per heavy atom. The van der Waals surface area contributed by atoms with Crippen molar-refractivity contribution < 1.29 is 33.3 Å². The second-order valence-electron chi connectivity index (χ2n) is 13.8. The zero-order valence-corrected chi connectivity index (χ0v) is 30.9. The largest absolute Gasteiger partial charge is 0.484 e. The van der Waals surface area contributed by atoms with Gasteiger partial charge in [-0.2, -0.15) is 9.97 Å². The molecule has 56 heavy (non-hydrogen) atoms. The summed E-state index contributed by atoms with van der Waals surface area (Å²) >= 11 is 0. The number of hydrogen-bond donors (Lipinski definition) is 1. The Bertz CT molecular complexity index is 2290. The van der Waals surface area contributed by atoms with Gasteiger partial charge in [0.25, 0.3) is 5.88 Å². The molecule has 1 N–H and O–H groups in total. The summed E-state index contributed by atoms with van der Waals surface area (Å²) in [6.07, 6.45) is -1.42. The summed E-state index contributed by atoms with van der Waals surface area (Å²) in [5.41, 5.74) is 2.29. The highest BCUT2D eigenvalue weighted by molar-refractivity contribution is 5.98. The van der Waals surface area contributed by atoms with Gasteiger partial charge in [-0.1, -0.05) is 117 Å². The van der Waals surface area contributed by atoms with Crippen LogP contribution in [0.2, 0.25) is 0 Å². The fourth-order valence-corrected chi connectivity index (χ4v) is 6.77. The van der Waals surface area contributed by atoms with Crippen LogP contribution in [0.15, 0.2) is 140 Å². The summed E-state index contributed by atoms with van der Waals surface area (Å²) in [6.45, 7) is 8.43. The van der Waals surface area contributed by atoms with Crippen LogP contribution in [0.25, 0.3) is 11.2 Å². The van der Waals surface area contributed by atoms with Crippen molar-refractivity contribution in [3.05, 3.63) is 151 Å². The van der Waals surface area contributed by atoms with Crippen LogP contribution in [0, 0.1) is 5.92 Å². The number of amides is 2. The van der Waals surface area contributed by atoms with Crippen LogP contribution in [-0.2, 0) is 37.0 Å². The smallest absolute Gasteiger partial charge is 0.425 e. The highest BCUT2D eigenvalue weighted by atomic mass is 16.7. The average Bonchev–Trinajstić information content (AvgIpc) is 3.86. The standard InChI is InChI=1S/C43H40N6O7/c1-28(2)38(50)46-41-45-37-34(39(47-41)55-42(51)49(32-20-12-6-13-21-32)33-22-14-7-15-23-33)44-27-48(37)40-35-36(53-25-31-18-10-5-11-19-31)43(56-40,29(3)54-35)26-52-24-30-16-8-4-9-17-30/h4-23,27-28,35-36,40H,3,24-26H2,1-2H3,(H,45,46,47,50)/t35?,36?,40?,43-/m0/s1. The van der Waals surface area contributed by atoms with E-state index in [0.717, 1.165) is 11.1 Å². The van der Waals surface area contributed by atoms with Gasteiger partial charge in [0.2, 0.25) is 11.9 Å². The van der Waals surface area contributed by atoms with Crippen molar-refractivity contribution in [2.24, 2.45) is 5.92 Å². The summed E-state index contributed by atoms with van der Waals surface area (Å²) in [7, 11) is 0. The number of carbonyl (C=O) groups excluding carboxylic acids is 2. The third-order valence-corrected chi connectivity index (χ3v) is 9.64. The lowest BCUT2D eigenvalue weighted by molar-refractivity contribution is -0.164. The number of fused-ring (bicyclic) bond motifs is 3. The maximum atomic E-state index is 14.1. The van der Waals surface area contributed by atoms with Gasteiger partial charge in [-0.05, 0) is 35.4 Å². The second kappa shape index (κ2) is 15.7. The number of nitrogens with zero attached hydrogens (tertiary/aromatic N) is 5. The molecule has 6 aromatic rings. The molecule has 4 atom stereocenters. The predicted molar refractivity (Wildman–Crippen MR) is 208 cm³/mol. The molecule has 4 aromatic carbocycles. The summed E-state index contributed by atoms with van der Waals surface area (Å²) in [4.78, 5) is 42.3. The SMILES string of the molecule is C=C1OC2C(n3cnc4c(OC(=O)N(c5ccccc5)c5ccccc5)nc(NC(=O)C(C)C)nc43)O[C@]1(COCc1ccccc1)C2OCc1ccccc1. The first kappa shape index (κ1) is 36.6. The summed E-state index contributed by atoms with van der Waals surface area (Å²) < 4.78 is 33.9. The normalized spacial score (nSPS) is 19.9. The number of hydrogen-bond acceptors (Lipinski definition) is 10. The zero-order valence-electron chi connectivity index (χ0n) is 30.9. The Labute approximate surface area is 323 Å². The van der Waals surface area contributed by atoms with Crippen LogP contribution >= 0.6 is 0 Å². The number of anilines is 3. The molecule has 2 aliphatic heterocycles. The Morgan fingerprint density at radius 1 is 0.857 bits per heavy atom. The molecule has 0 spiro atoms. The van der Waals surface area contributed by atoms with Gasteiger partial charge in [0.1, 0.15) is 11.9 Å². The van der Waals surface area contributed by atoms with E-state index in [1.54, 1.807) is 42.7 Å². The Balaban J connectivity index is 1.16. The number of aromatic nitrogens is 4. The van der Waals surface area contributed by atoms with Gasteiger partial charge in [0.15, 0.2) is 29.1 Å². The molecule has 0 aliphatic carbocycles. The van der Waals surface area contributed by atoms with Crippen LogP contribution < -0.4 is 15.0 Å². The number of carbonyl (C=O) groups is 2. The third kappa shape index (κ3) is 7.22. The van der Waals surface area contributed by atoms with Crippen molar-refractivity contribution >= 4 is 40.5 Å². The minimum Gasteiger partial charge on any atom is -0.484 e. The van der Waals surface area contributed by atoms with Gasteiger partial charge in [-0.25, -0.2) is 14.7 Å². The summed E-state index contributed by atoms with van der Waals surface area (Å²) in [6, 6.07) is 37.8. The first-order valence-electron chi connectivity index (χ1n) is 18.3. The van der Waals surface area contributed by atoms with E-state index < -0.39 is 30.1 Å². The van der Waals surface area contributed by atoms with E-state index in [-0.39, 0.29) is 48.0 Å². The zero-order chi connectivity index (χ0) is 38.6. The molecule has 8 rings (SSSR count). The van der Waals surface area contributed by atoms with Gasteiger partial charge >= 0.3 is 6.09 Å². The molecule has 2 aliphatic rings. The molecule has 0 saturated carbocycles. The van der Waals surface area contributed by atoms with E-state index in [2.05, 4.69) is 21.9 Å². The maximum Gasteiger partial charge on any atom is 0.425 e. The molecular formula is C43H40N6O7. The lowest BCUT2D eigenvalue weighted by Crippen LogP contribution is -2.44. The number of ether oxygens (including phenoxy) is 5. The average molecular weight is 753 g/mol. The van der Waals surface area contributed by atoms with Crippen molar-refractivity contribution in [2.75, 3.05) is 16.8 Å². The highest BCUT2D eigenvalue weighted by Crippen LogP contribution is 2.52. The van der Waals surface area contributed by atoms with Crippen LogP contribution in [0.1, 0.15) is 31.2 Å². The number of para-hydroxylation sites is 2. The van der Waals surface area contributed by atoms with Crippen LogP contribution in [0.5, 0.6) is 5.88 Å². The van der Waals surface area contributed by atoms with Crippen molar-refractivity contribution in [1.29, 1.82) is 0 Å². The molecule has 2 amide bonds. The van der Waals surface area contributed by atoms with Crippen LogP contribution in [-0.4, -0.2) is 55.9 Å². The van der Waals surface area contributed by atoms with Gasteiger partial charge in [-0.15, -0.1) is 0 Å². The van der Waals surface area contributed by atoms with Crippen LogP contribution in [0.3, 0.4) is 0 Å². The van der Waals surface area contributed by atoms with E-state index in [4.69, 9.17) is 28.7 Å². The fraction of sp³-hybridized carbons (Fsp3) is 0.233. The van der Waals surface area contributed by atoms with Gasteiger partial charge in [-0.3, -0.25) is 14.7 Å². The maximum absolute atomic E-state index is 14.1. The van der Waals surface area contributed by atoms with Crippen molar-refractivity contribution in [2.45, 2.75) is 51.1 Å². The van der Waals surface area contributed by atoms with Gasteiger partial charge in [0, 0.05) is 5.92 Å². The molecule has 13 heteroatoms. The Kier molecular flexibility index (Phi) is 10.3. The predicted octanol–water partition coefficient (Wildman–Crippen LogP) is 7.74. The monoisotopic (exact) mass is 752 g/mol. The van der Waals surface area contributed by atoms with Gasteiger partial charge in [0.05, 0.1) is 37.5 Å². The molecule has 13 nitrogen and oxygen atoms in total. The van der Waals surface area contributed by atoms with E-state index in [0.29, 0.717) is 23.7 Å². The number of nitrogens with one attached hydrogen (secondary N) is 1. The van der Waals surface area contributed by atoms with E-state index in [1.165, 1.54) is 11.2 Å². The van der Waals surface area contributed by atoms with E-state index in [9.17, 15) is 9.59 Å². The first-order valence-corrected chi connectivity index (χ1v) is 18.3. The van der Waals surface area contributed by atoms with Crippen molar-refractivity contribution in [3.63, 3.8) is 0 Å². The molecule has 284 valence electrons. The summed E-state index contributed by atoms with van der Waals surface area (Å²) in [5.74, 6) is -0.588. The number of rotatable bonds is 13. The Morgan fingerprint density at radius 2 is 1.45 bits per heavy atom. The minimum absolute atomic E-state index is 0.0852. The van der Waals surface area contributed by atoms with Crippen molar-refractivity contribution in [1.82, 2.24) is 19.5 Å². The molecular weight excluding hydrogens is 713 g/mol. The lowest BCUT2D eigenvalue weighted by Gasteiger charge is -2.32. The fourth-order valence-electron chi connectivity index (χ4n) is 6.77. The van der Waals surface area contributed by atoms with E-state index >= 15 is 0 Å². The molecule has 2 saturated heterocycles. The lowest BCUT2D eigenvalue weighted by atomic mass is 9.97. The molecule has 4 heterocycles. The van der Waals surface area contributed by atoms with E-state index in [1.807, 2.05) is 97.1 Å². The molecule has 2 fully saturated rings. The van der Waals surface area contributed by atoms with Crippen LogP contribution in [0.4, 0.5) is 22.1 Å². The molecule has 2 bridgehead atoms. The molecule has 3 unspecified atom stereocenters. The molecule has 0 radical (unpaired) electrons. The minimum atomic E-state index is -1.20. The molecule has 2 aromatic heterocycles. The second-order valence-corrected chi connectivity index (χ2v) is 13.8. The number of benzene rings is 4. The Hall–Kier alpha value is -6.41. The van der Waals surface area contributed by atoms with Crippen molar-refractivity contribution in [3.8, 4) is 5.88 Å². The quantitative estimate of drug-likeness (QED) is 0.125. The first-order chi connectivity index (χ1) is 27.3. The number of imidazole rings is 1. The van der Waals surface area contributed by atoms with Gasteiger partial charge < -0.3 is 23.7 Å². The third-order valence-electron chi connectivity index (χ3n) is 9.64.